The van der Waals surface area contributed by atoms with Gasteiger partial charge in [0.25, 0.3) is 0 Å². The average Bonchev–Trinajstić information content (AvgIpc) is 2.88. The second-order valence-electron chi connectivity index (χ2n) is 3.61. The van der Waals surface area contributed by atoms with Gasteiger partial charge >= 0.3 is 0 Å². The van der Waals surface area contributed by atoms with Crippen LogP contribution in [-0.2, 0) is 6.42 Å². The largest absolute Gasteiger partial charge is 0.384 e. The summed E-state index contributed by atoms with van der Waals surface area (Å²) in [5.41, 5.74) is 1.37. The predicted molar refractivity (Wildman–Crippen MR) is 64.4 cm³/mol. The Labute approximate surface area is 99.5 Å². The number of H-pyrrole nitrogens is 1. The van der Waals surface area contributed by atoms with Crippen LogP contribution in [0, 0.1) is 11.3 Å². The highest BCUT2D eigenvalue weighted by Crippen LogP contribution is 2.05. The van der Waals surface area contributed by atoms with Crippen molar-refractivity contribution in [3.05, 3.63) is 42.2 Å². The summed E-state index contributed by atoms with van der Waals surface area (Å²) in [6.07, 6.45) is 7.17. The third-order valence-electron chi connectivity index (χ3n) is 2.35. The van der Waals surface area contributed by atoms with Gasteiger partial charge in [-0.05, 0) is 18.6 Å². The normalized spacial score (nSPS) is 9.82. The first-order valence-corrected chi connectivity index (χ1v) is 5.47. The van der Waals surface area contributed by atoms with Gasteiger partial charge < -0.3 is 10.3 Å². The molecule has 2 aromatic heterocycles. The van der Waals surface area contributed by atoms with Gasteiger partial charge in [-0.2, -0.15) is 5.26 Å². The average molecular weight is 227 g/mol. The van der Waals surface area contributed by atoms with Crippen LogP contribution < -0.4 is 5.32 Å². The number of nitrogens with one attached hydrogen (secondary N) is 2. The molecule has 0 spiro atoms. The van der Waals surface area contributed by atoms with Crippen molar-refractivity contribution in [1.29, 1.82) is 5.26 Å². The van der Waals surface area contributed by atoms with E-state index >= 15 is 0 Å². The molecule has 0 aliphatic heterocycles. The van der Waals surface area contributed by atoms with Crippen molar-refractivity contribution in [3.8, 4) is 6.07 Å². The molecule has 2 heterocycles. The van der Waals surface area contributed by atoms with Gasteiger partial charge in [0.2, 0.25) is 0 Å². The highest BCUT2D eigenvalue weighted by Gasteiger charge is 1.96. The number of hydrogen-bond acceptors (Lipinski definition) is 4. The monoisotopic (exact) mass is 227 g/mol. The number of imidazole rings is 1. The van der Waals surface area contributed by atoms with Crippen LogP contribution in [0.3, 0.4) is 0 Å². The van der Waals surface area contributed by atoms with Gasteiger partial charge in [-0.1, -0.05) is 0 Å². The maximum absolute atomic E-state index is 8.60. The molecule has 86 valence electrons. The quantitative estimate of drug-likeness (QED) is 0.762. The summed E-state index contributed by atoms with van der Waals surface area (Å²) in [4.78, 5) is 11.2. The zero-order valence-electron chi connectivity index (χ0n) is 9.35. The molecule has 0 aromatic carbocycles. The van der Waals surface area contributed by atoms with Crippen LogP contribution in [0.15, 0.2) is 30.7 Å². The Balaban J connectivity index is 1.73. The van der Waals surface area contributed by atoms with Gasteiger partial charge in [0.1, 0.15) is 17.6 Å². The fraction of sp³-hybridized carbons (Fsp3) is 0.250. The van der Waals surface area contributed by atoms with Gasteiger partial charge in [0.15, 0.2) is 0 Å². The van der Waals surface area contributed by atoms with E-state index in [2.05, 4.69) is 20.3 Å². The molecule has 5 heteroatoms. The third kappa shape index (κ3) is 3.31. The summed E-state index contributed by atoms with van der Waals surface area (Å²) < 4.78 is 0. The van der Waals surface area contributed by atoms with E-state index in [0.29, 0.717) is 5.69 Å². The molecular weight excluding hydrogens is 214 g/mol. The van der Waals surface area contributed by atoms with E-state index < -0.39 is 0 Å². The number of anilines is 1. The minimum Gasteiger partial charge on any atom is -0.384 e. The first-order valence-electron chi connectivity index (χ1n) is 5.47. The molecule has 0 unspecified atom stereocenters. The Bertz CT molecular complexity index is 481. The van der Waals surface area contributed by atoms with Gasteiger partial charge in [-0.15, -0.1) is 0 Å². The number of nitriles is 1. The Morgan fingerprint density at radius 2 is 2.29 bits per heavy atom. The summed E-state index contributed by atoms with van der Waals surface area (Å²) in [5.74, 6) is 1.00. The zero-order valence-corrected chi connectivity index (χ0v) is 9.35. The van der Waals surface area contributed by atoms with Gasteiger partial charge in [-0.3, -0.25) is 0 Å². The molecule has 2 aromatic rings. The Morgan fingerprint density at radius 1 is 1.35 bits per heavy atom. The standard InChI is InChI=1S/C12H13N5/c13-8-10-3-4-11(9-17-10)14-5-1-2-12-15-6-7-16-12/h3-4,6-7,9,14H,1-2,5H2,(H,15,16). The lowest BCUT2D eigenvalue weighted by Crippen LogP contribution is -2.04. The lowest BCUT2D eigenvalue weighted by Gasteiger charge is -2.04. The van der Waals surface area contributed by atoms with Crippen molar-refractivity contribution < 1.29 is 0 Å². The molecule has 0 atom stereocenters. The fourth-order valence-electron chi connectivity index (χ4n) is 1.49. The molecule has 0 bridgehead atoms. The molecular formula is C12H13N5. The van der Waals surface area contributed by atoms with Crippen LogP contribution in [0.25, 0.3) is 0 Å². The van der Waals surface area contributed by atoms with Crippen LogP contribution >= 0.6 is 0 Å². The number of hydrogen-bond donors (Lipinski definition) is 2. The fourth-order valence-corrected chi connectivity index (χ4v) is 1.49. The second-order valence-corrected chi connectivity index (χ2v) is 3.61. The van der Waals surface area contributed by atoms with Crippen molar-refractivity contribution >= 4 is 5.69 Å². The summed E-state index contributed by atoms with van der Waals surface area (Å²) in [6, 6.07) is 5.55. The van der Waals surface area contributed by atoms with Crippen LogP contribution in [0.4, 0.5) is 5.69 Å². The summed E-state index contributed by atoms with van der Waals surface area (Å²) >= 11 is 0. The number of rotatable bonds is 5. The Morgan fingerprint density at radius 3 is 2.94 bits per heavy atom. The zero-order chi connectivity index (χ0) is 11.9. The van der Waals surface area contributed by atoms with Crippen molar-refractivity contribution in [2.45, 2.75) is 12.8 Å². The summed E-state index contributed by atoms with van der Waals surface area (Å²) in [6.45, 7) is 0.855. The van der Waals surface area contributed by atoms with Crippen molar-refractivity contribution in [1.82, 2.24) is 15.0 Å². The topological polar surface area (TPSA) is 77.4 Å². The SMILES string of the molecule is N#Cc1ccc(NCCCc2ncc[nH]2)cn1. The van der Waals surface area contributed by atoms with Gasteiger partial charge in [0, 0.05) is 25.4 Å². The number of aryl methyl sites for hydroxylation is 1. The van der Waals surface area contributed by atoms with Crippen molar-refractivity contribution in [2.75, 3.05) is 11.9 Å². The highest BCUT2D eigenvalue weighted by molar-refractivity contribution is 5.42. The maximum atomic E-state index is 8.60. The second kappa shape index (κ2) is 5.66. The molecule has 2 rings (SSSR count). The number of pyridine rings is 1. The number of aromatic amines is 1. The van der Waals surface area contributed by atoms with Gasteiger partial charge in [-0.25, -0.2) is 9.97 Å². The number of nitrogens with zero attached hydrogens (tertiary/aromatic N) is 3. The minimum atomic E-state index is 0.436. The van der Waals surface area contributed by atoms with Crippen LogP contribution in [-0.4, -0.2) is 21.5 Å². The molecule has 0 aliphatic carbocycles. The van der Waals surface area contributed by atoms with Crippen LogP contribution in [0.5, 0.6) is 0 Å². The molecule has 0 amide bonds. The maximum Gasteiger partial charge on any atom is 0.140 e. The van der Waals surface area contributed by atoms with E-state index in [-0.39, 0.29) is 0 Å². The molecule has 2 N–H and O–H groups in total. The van der Waals surface area contributed by atoms with Gasteiger partial charge in [0.05, 0.1) is 11.9 Å². The van der Waals surface area contributed by atoms with Crippen LogP contribution in [0.1, 0.15) is 17.9 Å². The van der Waals surface area contributed by atoms with Crippen molar-refractivity contribution in [2.24, 2.45) is 0 Å². The number of aromatic nitrogens is 3. The minimum absolute atomic E-state index is 0.436. The smallest absolute Gasteiger partial charge is 0.140 e. The molecule has 17 heavy (non-hydrogen) atoms. The molecule has 0 saturated heterocycles. The molecule has 5 nitrogen and oxygen atoms in total. The van der Waals surface area contributed by atoms with E-state index in [1.54, 1.807) is 18.5 Å². The Kier molecular flexibility index (Phi) is 3.71. The lowest BCUT2D eigenvalue weighted by atomic mass is 10.3. The lowest BCUT2D eigenvalue weighted by molar-refractivity contribution is 0.816. The van der Waals surface area contributed by atoms with Crippen molar-refractivity contribution in [3.63, 3.8) is 0 Å². The molecule has 0 aliphatic rings. The summed E-state index contributed by atoms with van der Waals surface area (Å²) in [7, 11) is 0. The first-order chi connectivity index (χ1) is 8.38. The van der Waals surface area contributed by atoms with E-state index in [9.17, 15) is 0 Å². The van der Waals surface area contributed by atoms with Crippen LogP contribution in [0.2, 0.25) is 0 Å². The highest BCUT2D eigenvalue weighted by atomic mass is 14.9. The van der Waals surface area contributed by atoms with E-state index in [1.165, 1.54) is 0 Å². The third-order valence-corrected chi connectivity index (χ3v) is 2.35. The predicted octanol–water partition coefficient (Wildman–Crippen LogP) is 1.72. The van der Waals surface area contributed by atoms with E-state index in [0.717, 1.165) is 30.9 Å². The van der Waals surface area contributed by atoms with E-state index in [4.69, 9.17) is 5.26 Å². The molecule has 0 radical (unpaired) electrons. The summed E-state index contributed by atoms with van der Waals surface area (Å²) in [5, 5.41) is 11.8. The molecule has 0 fully saturated rings. The van der Waals surface area contributed by atoms with E-state index in [1.807, 2.05) is 18.3 Å². The first kappa shape index (κ1) is 11.1. The Hall–Kier alpha value is -2.35. The molecule has 0 saturated carbocycles.